The summed E-state index contributed by atoms with van der Waals surface area (Å²) in [6, 6.07) is 1.64. The van der Waals surface area contributed by atoms with E-state index in [1.165, 1.54) is 13.3 Å². The predicted octanol–water partition coefficient (Wildman–Crippen LogP) is 0.805. The van der Waals surface area contributed by atoms with Crippen LogP contribution in [0.4, 0.5) is 0 Å². The van der Waals surface area contributed by atoms with Crippen LogP contribution in [0.15, 0.2) is 18.5 Å². The van der Waals surface area contributed by atoms with Crippen LogP contribution in [0.25, 0.3) is 0 Å². The van der Waals surface area contributed by atoms with Crippen LogP contribution in [0.3, 0.4) is 0 Å². The fraction of sp³-hybridized carbons (Fsp3) is 0.500. The molecule has 0 aliphatic rings. The zero-order valence-electron chi connectivity index (χ0n) is 10.3. The number of methoxy groups -OCH3 is 1. The van der Waals surface area contributed by atoms with Crippen molar-refractivity contribution in [3.63, 3.8) is 0 Å². The summed E-state index contributed by atoms with van der Waals surface area (Å²) in [4.78, 5) is 15.8. The van der Waals surface area contributed by atoms with Crippen molar-refractivity contribution in [1.82, 2.24) is 10.3 Å². The van der Waals surface area contributed by atoms with Crippen LogP contribution in [-0.4, -0.2) is 31.1 Å². The largest absolute Gasteiger partial charge is 0.494 e. The Bertz CT molecular complexity index is 369. The molecule has 0 aromatic carbocycles. The molecule has 0 bridgehead atoms. The average Bonchev–Trinajstić information content (AvgIpc) is 2.36. The van der Waals surface area contributed by atoms with Crippen LogP contribution in [0.2, 0.25) is 0 Å². The van der Waals surface area contributed by atoms with Gasteiger partial charge in [0.2, 0.25) is 0 Å². The van der Waals surface area contributed by atoms with E-state index in [2.05, 4.69) is 17.2 Å². The van der Waals surface area contributed by atoms with E-state index in [9.17, 15) is 4.79 Å². The number of rotatable bonds is 6. The van der Waals surface area contributed by atoms with Crippen molar-refractivity contribution in [3.8, 4) is 5.75 Å². The number of pyridine rings is 1. The van der Waals surface area contributed by atoms with E-state index in [4.69, 9.17) is 10.5 Å². The number of nitrogens with one attached hydrogen (secondary N) is 1. The molecule has 0 radical (unpaired) electrons. The highest BCUT2D eigenvalue weighted by Crippen LogP contribution is 2.15. The van der Waals surface area contributed by atoms with Gasteiger partial charge in [0.1, 0.15) is 5.75 Å². The third-order valence-electron chi connectivity index (χ3n) is 2.52. The number of carbonyl (C=O) groups excluding carboxylic acids is 1. The number of nitrogens with zero attached hydrogens (tertiary/aromatic N) is 1. The molecule has 1 aromatic heterocycles. The van der Waals surface area contributed by atoms with Crippen LogP contribution in [0.5, 0.6) is 5.75 Å². The standard InChI is InChI=1S/C12H19N3O2/c1-9(3-5-13)7-15-12(16)10-4-6-14-8-11(10)17-2/h4,6,8-9H,3,5,7,13H2,1-2H3,(H,15,16). The normalized spacial score (nSPS) is 11.9. The molecule has 17 heavy (non-hydrogen) atoms. The van der Waals surface area contributed by atoms with E-state index < -0.39 is 0 Å². The second kappa shape index (κ2) is 6.85. The Kier molecular flexibility index (Phi) is 5.42. The van der Waals surface area contributed by atoms with Gasteiger partial charge >= 0.3 is 0 Å². The van der Waals surface area contributed by atoms with Crippen molar-refractivity contribution in [3.05, 3.63) is 24.0 Å². The summed E-state index contributed by atoms with van der Waals surface area (Å²) in [7, 11) is 1.52. The van der Waals surface area contributed by atoms with Crippen molar-refractivity contribution < 1.29 is 9.53 Å². The molecule has 5 heteroatoms. The van der Waals surface area contributed by atoms with Gasteiger partial charge in [-0.25, -0.2) is 0 Å². The SMILES string of the molecule is COc1cnccc1C(=O)NCC(C)CCN. The van der Waals surface area contributed by atoms with Gasteiger partial charge in [-0.2, -0.15) is 0 Å². The molecular weight excluding hydrogens is 218 g/mol. The van der Waals surface area contributed by atoms with Gasteiger partial charge in [-0.05, 0) is 24.9 Å². The number of amides is 1. The molecule has 1 heterocycles. The summed E-state index contributed by atoms with van der Waals surface area (Å²) in [5.41, 5.74) is 5.95. The summed E-state index contributed by atoms with van der Waals surface area (Å²) < 4.78 is 5.08. The molecule has 3 N–H and O–H groups in total. The first-order chi connectivity index (χ1) is 8.19. The molecule has 0 saturated carbocycles. The highest BCUT2D eigenvalue weighted by Gasteiger charge is 2.12. The molecule has 1 rings (SSSR count). The lowest BCUT2D eigenvalue weighted by molar-refractivity contribution is 0.0944. The maximum Gasteiger partial charge on any atom is 0.255 e. The Balaban J connectivity index is 2.58. The lowest BCUT2D eigenvalue weighted by Crippen LogP contribution is -2.29. The Morgan fingerprint density at radius 3 is 3.06 bits per heavy atom. The number of aromatic nitrogens is 1. The second-order valence-corrected chi connectivity index (χ2v) is 3.97. The fourth-order valence-electron chi connectivity index (χ4n) is 1.48. The zero-order valence-corrected chi connectivity index (χ0v) is 10.3. The van der Waals surface area contributed by atoms with E-state index in [1.807, 2.05) is 0 Å². The summed E-state index contributed by atoms with van der Waals surface area (Å²) in [6.07, 6.45) is 3.99. The predicted molar refractivity (Wildman–Crippen MR) is 66.0 cm³/mol. The monoisotopic (exact) mass is 237 g/mol. The number of carbonyl (C=O) groups is 1. The summed E-state index contributed by atoms with van der Waals surface area (Å²) in [5.74, 6) is 0.710. The minimum atomic E-state index is -0.145. The van der Waals surface area contributed by atoms with Crippen molar-refractivity contribution in [2.45, 2.75) is 13.3 Å². The van der Waals surface area contributed by atoms with Gasteiger partial charge in [0, 0.05) is 12.7 Å². The van der Waals surface area contributed by atoms with E-state index in [-0.39, 0.29) is 5.91 Å². The van der Waals surface area contributed by atoms with Crippen molar-refractivity contribution in [2.24, 2.45) is 11.7 Å². The molecule has 1 atom stereocenters. The Hall–Kier alpha value is -1.62. The average molecular weight is 237 g/mol. The summed E-state index contributed by atoms with van der Waals surface area (Å²) in [6.45, 7) is 3.30. The third kappa shape index (κ3) is 4.03. The molecule has 94 valence electrons. The van der Waals surface area contributed by atoms with Crippen LogP contribution in [0, 0.1) is 5.92 Å². The molecule has 1 aromatic rings. The van der Waals surface area contributed by atoms with E-state index >= 15 is 0 Å². The van der Waals surface area contributed by atoms with Gasteiger partial charge in [-0.3, -0.25) is 9.78 Å². The first-order valence-electron chi connectivity index (χ1n) is 5.65. The van der Waals surface area contributed by atoms with E-state index in [0.29, 0.717) is 30.3 Å². The topological polar surface area (TPSA) is 77.2 Å². The summed E-state index contributed by atoms with van der Waals surface area (Å²) >= 11 is 0. The Labute approximate surface area is 101 Å². The van der Waals surface area contributed by atoms with Gasteiger partial charge in [0.25, 0.3) is 5.91 Å². The van der Waals surface area contributed by atoms with Gasteiger partial charge in [-0.1, -0.05) is 6.92 Å². The van der Waals surface area contributed by atoms with Crippen LogP contribution < -0.4 is 15.8 Å². The molecule has 0 aliphatic heterocycles. The van der Waals surface area contributed by atoms with Crippen molar-refractivity contribution in [2.75, 3.05) is 20.2 Å². The highest BCUT2D eigenvalue weighted by atomic mass is 16.5. The molecule has 1 unspecified atom stereocenters. The van der Waals surface area contributed by atoms with E-state index in [0.717, 1.165) is 6.42 Å². The molecular formula is C12H19N3O2. The maximum absolute atomic E-state index is 11.9. The van der Waals surface area contributed by atoms with Crippen molar-refractivity contribution >= 4 is 5.91 Å². The zero-order chi connectivity index (χ0) is 12.7. The molecule has 0 spiro atoms. The fourth-order valence-corrected chi connectivity index (χ4v) is 1.48. The van der Waals surface area contributed by atoms with Crippen LogP contribution in [0.1, 0.15) is 23.7 Å². The highest BCUT2D eigenvalue weighted by molar-refractivity contribution is 5.96. The first kappa shape index (κ1) is 13.4. The van der Waals surface area contributed by atoms with Crippen molar-refractivity contribution in [1.29, 1.82) is 0 Å². The van der Waals surface area contributed by atoms with Gasteiger partial charge < -0.3 is 15.8 Å². The van der Waals surface area contributed by atoms with Crippen LogP contribution in [-0.2, 0) is 0 Å². The Morgan fingerprint density at radius 1 is 1.65 bits per heavy atom. The maximum atomic E-state index is 11.9. The molecule has 1 amide bonds. The quantitative estimate of drug-likeness (QED) is 0.767. The molecule has 5 nitrogen and oxygen atoms in total. The van der Waals surface area contributed by atoms with Gasteiger partial charge in [0.15, 0.2) is 0 Å². The third-order valence-corrected chi connectivity index (χ3v) is 2.52. The molecule has 0 aliphatic carbocycles. The van der Waals surface area contributed by atoms with Crippen LogP contribution >= 0.6 is 0 Å². The number of hydrogen-bond acceptors (Lipinski definition) is 4. The minimum Gasteiger partial charge on any atom is -0.494 e. The lowest BCUT2D eigenvalue weighted by Gasteiger charge is -2.12. The second-order valence-electron chi connectivity index (χ2n) is 3.97. The first-order valence-corrected chi connectivity index (χ1v) is 5.65. The number of ether oxygens (including phenoxy) is 1. The summed E-state index contributed by atoms with van der Waals surface area (Å²) in [5, 5.41) is 2.86. The Morgan fingerprint density at radius 2 is 2.41 bits per heavy atom. The van der Waals surface area contributed by atoms with Gasteiger partial charge in [-0.15, -0.1) is 0 Å². The van der Waals surface area contributed by atoms with E-state index in [1.54, 1.807) is 12.3 Å². The number of hydrogen-bond donors (Lipinski definition) is 2. The smallest absolute Gasteiger partial charge is 0.255 e. The molecule has 0 saturated heterocycles. The lowest BCUT2D eigenvalue weighted by atomic mass is 10.1. The molecule has 0 fully saturated rings. The van der Waals surface area contributed by atoms with Gasteiger partial charge in [0.05, 0.1) is 18.9 Å². The minimum absolute atomic E-state index is 0.145. The number of nitrogens with two attached hydrogens (primary N) is 1.